The average molecular weight is 489 g/mol. The van der Waals surface area contributed by atoms with Gasteiger partial charge in [-0.05, 0) is 67.8 Å². The van der Waals surface area contributed by atoms with Crippen LogP contribution >= 0.6 is 0 Å². The molecule has 0 radical (unpaired) electrons. The van der Waals surface area contributed by atoms with Crippen LogP contribution in [0.4, 0.5) is 0 Å². The van der Waals surface area contributed by atoms with Crippen LogP contribution in [-0.4, -0.2) is 25.1 Å². The second-order valence-corrected chi connectivity index (χ2v) is 7.76. The zero-order valence-electron chi connectivity index (χ0n) is 20.3. The van der Waals surface area contributed by atoms with E-state index in [0.717, 1.165) is 11.3 Å². The van der Waals surface area contributed by atoms with Crippen molar-refractivity contribution in [3.63, 3.8) is 0 Å². The van der Waals surface area contributed by atoms with Gasteiger partial charge in [-0.1, -0.05) is 24.3 Å². The molecule has 0 spiro atoms. The van der Waals surface area contributed by atoms with Crippen molar-refractivity contribution in [2.45, 2.75) is 33.2 Å². The second-order valence-electron chi connectivity index (χ2n) is 7.76. The summed E-state index contributed by atoms with van der Waals surface area (Å²) in [4.78, 5) is 24.7. The zero-order chi connectivity index (χ0) is 25.8. The fourth-order valence-electron chi connectivity index (χ4n) is 3.25. The molecule has 186 valence electrons. The maximum atomic E-state index is 12.4. The lowest BCUT2D eigenvalue weighted by atomic mass is 10.1. The Bertz CT molecular complexity index is 1240. The normalized spacial score (nSPS) is 10.9. The van der Waals surface area contributed by atoms with Gasteiger partial charge in [0.2, 0.25) is 0 Å². The summed E-state index contributed by atoms with van der Waals surface area (Å²) in [5.74, 6) is 1.02. The van der Waals surface area contributed by atoms with Gasteiger partial charge in [0.05, 0.1) is 26.0 Å². The van der Waals surface area contributed by atoms with Gasteiger partial charge < -0.3 is 23.9 Å². The molecule has 3 aromatic rings. The van der Waals surface area contributed by atoms with E-state index in [0.29, 0.717) is 36.7 Å². The lowest BCUT2D eigenvalue weighted by molar-refractivity contribution is -0.134. The number of benzene rings is 2. The number of rotatable bonds is 12. The average Bonchev–Trinajstić information content (AvgIpc) is 3.40. The first-order chi connectivity index (χ1) is 17.5. The summed E-state index contributed by atoms with van der Waals surface area (Å²) in [6.45, 7) is 4.67. The Morgan fingerprint density at radius 1 is 1.06 bits per heavy atom. The van der Waals surface area contributed by atoms with Crippen LogP contribution in [0, 0.1) is 18.3 Å². The first-order valence-electron chi connectivity index (χ1n) is 11.6. The molecule has 0 fully saturated rings. The Labute approximate surface area is 210 Å². The van der Waals surface area contributed by atoms with E-state index in [9.17, 15) is 14.9 Å². The van der Waals surface area contributed by atoms with Crippen molar-refractivity contribution >= 4 is 18.0 Å². The number of para-hydroxylation sites is 1. The molecule has 1 N–H and O–H groups in total. The number of nitrogens with one attached hydrogen (secondary N) is 1. The van der Waals surface area contributed by atoms with Crippen LogP contribution in [0.15, 0.2) is 70.9 Å². The van der Waals surface area contributed by atoms with Crippen molar-refractivity contribution < 1.29 is 28.2 Å². The number of aryl methyl sites for hydroxylation is 1. The Morgan fingerprint density at radius 3 is 2.61 bits per heavy atom. The van der Waals surface area contributed by atoms with Gasteiger partial charge in [-0.15, -0.1) is 0 Å². The number of nitriles is 1. The smallest absolute Gasteiger partial charge is 0.311 e. The van der Waals surface area contributed by atoms with Gasteiger partial charge >= 0.3 is 5.97 Å². The molecule has 1 heterocycles. The van der Waals surface area contributed by atoms with Crippen LogP contribution in [0.25, 0.3) is 6.08 Å². The number of hydrogen-bond donors (Lipinski definition) is 1. The summed E-state index contributed by atoms with van der Waals surface area (Å²) >= 11 is 0. The Balaban J connectivity index is 1.58. The highest BCUT2D eigenvalue weighted by atomic mass is 16.6. The van der Waals surface area contributed by atoms with Gasteiger partial charge in [-0.3, -0.25) is 9.59 Å². The lowest BCUT2D eigenvalue weighted by Crippen LogP contribution is -2.23. The number of carbonyl (C=O) groups excluding carboxylic acids is 2. The largest absolute Gasteiger partial charge is 0.493 e. The Kier molecular flexibility index (Phi) is 9.71. The van der Waals surface area contributed by atoms with Gasteiger partial charge in [-0.2, -0.15) is 5.26 Å². The highest BCUT2D eigenvalue weighted by molar-refractivity contribution is 6.01. The second kappa shape index (κ2) is 13.4. The topological polar surface area (TPSA) is 111 Å². The molecule has 8 nitrogen and oxygen atoms in total. The van der Waals surface area contributed by atoms with Crippen LogP contribution in [0.5, 0.6) is 17.2 Å². The van der Waals surface area contributed by atoms with Gasteiger partial charge in [0, 0.05) is 6.42 Å². The number of esters is 1. The predicted octanol–water partition coefficient (Wildman–Crippen LogP) is 4.97. The first-order valence-corrected chi connectivity index (χ1v) is 11.6. The highest BCUT2D eigenvalue weighted by Gasteiger charge is 2.14. The molecule has 8 heteroatoms. The third kappa shape index (κ3) is 7.77. The highest BCUT2D eigenvalue weighted by Crippen LogP contribution is 2.30. The summed E-state index contributed by atoms with van der Waals surface area (Å²) < 4.78 is 22.0. The number of ether oxygens (including phenoxy) is 3. The molecule has 1 amide bonds. The molecule has 1 aromatic heterocycles. The number of hydrogen-bond acceptors (Lipinski definition) is 7. The van der Waals surface area contributed by atoms with Crippen LogP contribution in [0.2, 0.25) is 0 Å². The van der Waals surface area contributed by atoms with E-state index in [1.165, 1.54) is 12.3 Å². The molecule has 3 rings (SSSR count). The summed E-state index contributed by atoms with van der Waals surface area (Å²) in [6.07, 6.45) is 3.62. The third-order valence-electron chi connectivity index (χ3n) is 5.05. The molecule has 2 aromatic carbocycles. The minimum Gasteiger partial charge on any atom is -0.493 e. The van der Waals surface area contributed by atoms with Crippen LogP contribution in [0.3, 0.4) is 0 Å². The van der Waals surface area contributed by atoms with Crippen molar-refractivity contribution in [3.8, 4) is 23.3 Å². The van der Waals surface area contributed by atoms with Crippen molar-refractivity contribution in [2.75, 3.05) is 13.2 Å². The summed E-state index contributed by atoms with van der Waals surface area (Å²) in [7, 11) is 0. The molecule has 0 aliphatic rings. The molecular weight excluding hydrogens is 460 g/mol. The molecule has 36 heavy (non-hydrogen) atoms. The molecule has 0 atom stereocenters. The van der Waals surface area contributed by atoms with E-state index < -0.39 is 11.9 Å². The lowest BCUT2D eigenvalue weighted by Gasteiger charge is -2.12. The minimum atomic E-state index is -0.532. The number of amides is 1. The van der Waals surface area contributed by atoms with Gasteiger partial charge in [0.1, 0.15) is 23.2 Å². The van der Waals surface area contributed by atoms with Gasteiger partial charge in [-0.25, -0.2) is 0 Å². The molecule has 0 aliphatic heterocycles. The number of carbonyl (C=O) groups is 2. The fourth-order valence-corrected chi connectivity index (χ4v) is 3.25. The van der Waals surface area contributed by atoms with Gasteiger partial charge in [0.15, 0.2) is 11.5 Å². The SMILES string of the molecule is CCOc1cc(/C=C(\C#N)C(=O)NCc2ccco2)ccc1OC(=O)CCCOc1ccccc1C. The predicted molar refractivity (Wildman–Crippen MR) is 133 cm³/mol. The molecule has 0 unspecified atom stereocenters. The van der Waals surface area contributed by atoms with E-state index in [4.69, 9.17) is 18.6 Å². The van der Waals surface area contributed by atoms with Gasteiger partial charge in [0.25, 0.3) is 5.91 Å². The summed E-state index contributed by atoms with van der Waals surface area (Å²) in [5, 5.41) is 12.1. The molecule has 0 saturated carbocycles. The zero-order valence-corrected chi connectivity index (χ0v) is 20.3. The molecule has 0 aliphatic carbocycles. The fraction of sp³-hybridized carbons (Fsp3) is 0.250. The first kappa shape index (κ1) is 26.1. The van der Waals surface area contributed by atoms with Crippen LogP contribution in [0.1, 0.15) is 36.7 Å². The maximum absolute atomic E-state index is 12.4. The molecule has 0 bridgehead atoms. The monoisotopic (exact) mass is 488 g/mol. The van der Waals surface area contributed by atoms with Crippen LogP contribution in [-0.2, 0) is 16.1 Å². The molecule has 0 saturated heterocycles. The van der Waals surface area contributed by atoms with Crippen molar-refractivity contribution in [1.82, 2.24) is 5.32 Å². The summed E-state index contributed by atoms with van der Waals surface area (Å²) in [5.41, 5.74) is 1.50. The van der Waals surface area contributed by atoms with Crippen molar-refractivity contribution in [2.24, 2.45) is 0 Å². The minimum absolute atomic E-state index is 0.0811. The maximum Gasteiger partial charge on any atom is 0.311 e. The quantitative estimate of drug-likeness (QED) is 0.126. The number of nitrogens with zero attached hydrogens (tertiary/aromatic N) is 1. The van der Waals surface area contributed by atoms with E-state index in [-0.39, 0.29) is 24.3 Å². The van der Waals surface area contributed by atoms with Crippen LogP contribution < -0.4 is 19.5 Å². The summed E-state index contributed by atoms with van der Waals surface area (Å²) in [6, 6.07) is 17.9. The Hall–Kier alpha value is -4.51. The van der Waals surface area contributed by atoms with E-state index in [2.05, 4.69) is 5.32 Å². The number of furan rings is 1. The van der Waals surface area contributed by atoms with E-state index >= 15 is 0 Å². The molecular formula is C28H28N2O6. The third-order valence-corrected chi connectivity index (χ3v) is 5.05. The van der Waals surface area contributed by atoms with Crippen molar-refractivity contribution in [3.05, 3.63) is 83.3 Å². The van der Waals surface area contributed by atoms with Crippen molar-refractivity contribution in [1.29, 1.82) is 5.26 Å². The Morgan fingerprint density at radius 2 is 1.89 bits per heavy atom. The van der Waals surface area contributed by atoms with E-state index in [1.807, 2.05) is 37.3 Å². The standard InChI is InChI=1S/C28H28N2O6/c1-3-33-26-17-21(16-22(18-29)28(32)30-19-23-9-6-14-34-23)12-13-25(26)36-27(31)11-7-15-35-24-10-5-4-8-20(24)2/h4-6,8-10,12-14,16-17H,3,7,11,15,19H2,1-2H3,(H,30,32)/b22-16+. The van der Waals surface area contributed by atoms with E-state index in [1.54, 1.807) is 37.3 Å².